The van der Waals surface area contributed by atoms with Crippen molar-refractivity contribution in [2.75, 3.05) is 34.3 Å². The Kier molecular flexibility index (Phi) is 20.4. The van der Waals surface area contributed by atoms with Crippen LogP contribution in [0.4, 0.5) is 0 Å². The van der Waals surface area contributed by atoms with Gasteiger partial charge < -0.3 is 63.8 Å². The summed E-state index contributed by atoms with van der Waals surface area (Å²) in [5.74, 6) is -2.74. The van der Waals surface area contributed by atoms with Crippen LogP contribution >= 0.6 is 23.2 Å². The van der Waals surface area contributed by atoms with Crippen molar-refractivity contribution in [1.82, 2.24) is 24.8 Å². The van der Waals surface area contributed by atoms with Crippen LogP contribution in [-0.4, -0.2) is 181 Å². The van der Waals surface area contributed by atoms with Crippen molar-refractivity contribution in [1.29, 1.82) is 0 Å². The Morgan fingerprint density at radius 2 is 1.65 bits per heavy atom. The van der Waals surface area contributed by atoms with Crippen LogP contribution in [0.2, 0.25) is 10.0 Å². The molecule has 3 aliphatic heterocycles. The first-order valence-corrected chi connectivity index (χ1v) is 25.6. The van der Waals surface area contributed by atoms with Gasteiger partial charge in [-0.2, -0.15) is 0 Å². The summed E-state index contributed by atoms with van der Waals surface area (Å²) in [4.78, 5) is 18.5. The van der Waals surface area contributed by atoms with E-state index in [0.29, 0.717) is 42.5 Å². The number of rotatable bonds is 14. The minimum absolute atomic E-state index is 0.107. The molecule has 0 bridgehead atoms. The van der Waals surface area contributed by atoms with E-state index in [1.54, 1.807) is 47.6 Å². The first kappa shape index (κ1) is 57.8. The van der Waals surface area contributed by atoms with Gasteiger partial charge >= 0.3 is 5.97 Å². The van der Waals surface area contributed by atoms with Crippen molar-refractivity contribution in [2.24, 2.45) is 17.8 Å². The van der Waals surface area contributed by atoms with E-state index in [4.69, 9.17) is 51.6 Å². The summed E-state index contributed by atoms with van der Waals surface area (Å²) in [6.07, 6.45) is -4.79. The number of nitrogens with zero attached hydrogens (tertiary/aromatic N) is 5. The lowest BCUT2D eigenvalue weighted by Gasteiger charge is -2.49. The van der Waals surface area contributed by atoms with Crippen LogP contribution in [-0.2, 0) is 52.6 Å². The first-order chi connectivity index (χ1) is 32.2. The molecule has 0 spiro atoms. The monoisotopic (exact) mass is 1020 g/mol. The summed E-state index contributed by atoms with van der Waals surface area (Å²) in [5, 5.41) is 69.3. The molecule has 69 heavy (non-hydrogen) atoms. The van der Waals surface area contributed by atoms with Crippen molar-refractivity contribution in [3.8, 4) is 0 Å². The van der Waals surface area contributed by atoms with Gasteiger partial charge in [0.1, 0.15) is 30.0 Å². The summed E-state index contributed by atoms with van der Waals surface area (Å²) in [5.41, 5.74) is -2.60. The fourth-order valence-electron chi connectivity index (χ4n) is 10.8. The average Bonchev–Trinajstić information content (AvgIpc) is 3.75. The molecule has 4 heterocycles. The fourth-order valence-corrected chi connectivity index (χ4v) is 11.2. The van der Waals surface area contributed by atoms with Gasteiger partial charge in [-0.3, -0.25) is 9.48 Å². The number of methoxy groups -OCH3 is 1. The molecule has 3 fully saturated rings. The van der Waals surface area contributed by atoms with Crippen molar-refractivity contribution in [3.05, 3.63) is 45.7 Å². The highest BCUT2D eigenvalue weighted by molar-refractivity contribution is 6.42. The molecule has 18 atom stereocenters. The molecule has 0 amide bonds. The summed E-state index contributed by atoms with van der Waals surface area (Å²) in [6.45, 7) is 19.3. The number of benzene rings is 1. The van der Waals surface area contributed by atoms with Crippen molar-refractivity contribution in [2.45, 2.75) is 211 Å². The van der Waals surface area contributed by atoms with Crippen LogP contribution in [0.25, 0.3) is 0 Å². The van der Waals surface area contributed by atoms with Crippen LogP contribution in [0, 0.1) is 17.8 Å². The third-order valence-electron chi connectivity index (χ3n) is 15.3. The second-order valence-corrected chi connectivity index (χ2v) is 22.1. The Morgan fingerprint density at radius 1 is 0.957 bits per heavy atom. The molecule has 394 valence electrons. The third-order valence-corrected chi connectivity index (χ3v) is 16.0. The van der Waals surface area contributed by atoms with E-state index < -0.39 is 96.0 Å². The molecule has 1 aromatic carbocycles. The molecular formula is C50H83Cl2N5O12. The number of hydrogen-bond donors (Lipinski definition) is 5. The predicted octanol–water partition coefficient (Wildman–Crippen LogP) is 5.04. The topological polar surface area (TPSA) is 211 Å². The molecule has 0 saturated carbocycles. The van der Waals surface area contributed by atoms with Crippen molar-refractivity contribution < 1.29 is 58.7 Å². The van der Waals surface area contributed by atoms with Crippen LogP contribution in [0.3, 0.4) is 0 Å². The normalized spacial score (nSPS) is 40.3. The Balaban J connectivity index is 1.40. The molecule has 3 saturated heterocycles. The van der Waals surface area contributed by atoms with Gasteiger partial charge in [0.2, 0.25) is 0 Å². The van der Waals surface area contributed by atoms with E-state index in [9.17, 15) is 30.3 Å². The lowest BCUT2D eigenvalue weighted by molar-refractivity contribution is -0.318. The number of aliphatic hydroxyl groups is 5. The highest BCUT2D eigenvalue weighted by atomic mass is 35.5. The Bertz CT molecular complexity index is 1950. The predicted molar refractivity (Wildman–Crippen MR) is 262 cm³/mol. The highest BCUT2D eigenvalue weighted by Gasteiger charge is 2.53. The second-order valence-electron chi connectivity index (χ2n) is 21.3. The molecule has 3 aliphatic rings. The standard InChI is InChI=1S/C50H83Cl2N5O12/c1-14-39-50(10,63)43(59)32(6)56(12)26-28(2)24-48(8,62)45(30(4)42(31(5)46(61)67-39)68-40-25-49(9,64-13)44(60)33(7)66-40)69-47-41(58)38(22-29(3)65-47)55(11)20-15-16-35-27-57(54-53-35)21-19-34-17-18-36(51)37(52)23-34/h17-18,23,27-33,38-45,47,58-60,62-63H,14-16,19-22,24-26H2,1-13H3/t28-,29-,30+,31-,32-,33+,38+,39-,40+,41-,42+,43-,44+,45-,47+,48-,49-,50-/m1/s1. The van der Waals surface area contributed by atoms with E-state index in [2.05, 4.69) is 15.2 Å². The van der Waals surface area contributed by atoms with E-state index in [1.165, 1.54) is 14.0 Å². The molecule has 2 aromatic rings. The molecule has 0 radical (unpaired) electrons. The van der Waals surface area contributed by atoms with Crippen LogP contribution in [0.15, 0.2) is 24.4 Å². The summed E-state index contributed by atoms with van der Waals surface area (Å²) >= 11 is 12.3. The van der Waals surface area contributed by atoms with Crippen molar-refractivity contribution >= 4 is 29.2 Å². The average molecular weight is 1020 g/mol. The number of carbonyl (C=O) groups excluding carboxylic acids is 1. The largest absolute Gasteiger partial charge is 0.459 e. The zero-order chi connectivity index (χ0) is 51.3. The maximum absolute atomic E-state index is 14.5. The zero-order valence-corrected chi connectivity index (χ0v) is 44.6. The summed E-state index contributed by atoms with van der Waals surface area (Å²) < 4.78 is 40.1. The maximum Gasteiger partial charge on any atom is 0.311 e. The van der Waals surface area contributed by atoms with Crippen LogP contribution < -0.4 is 0 Å². The quantitative estimate of drug-likeness (QED) is 0.157. The number of esters is 1. The smallest absolute Gasteiger partial charge is 0.311 e. The van der Waals surface area contributed by atoms with Gasteiger partial charge in [-0.1, -0.05) is 55.3 Å². The Labute approximate surface area is 420 Å². The SMILES string of the molecule is CC[C@H]1OC(=O)[C@H](C)[C@@H](O[C@H]2C[C@@](C)(OC)[C@@H](O)[C@H](C)O2)[C@H](C)[C@@H](O[C@@H]2O[C@H](C)C[C@H](N(C)CCCc3cn(CCc4ccc(Cl)c(Cl)c4)nn3)[C@H]2O)[C@](C)(O)C[C@@H](C)CN(C)[C@H](C)[C@@H](O)[C@]1(C)O. The lowest BCUT2D eigenvalue weighted by Crippen LogP contribution is -2.60. The minimum atomic E-state index is -1.83. The minimum Gasteiger partial charge on any atom is -0.459 e. The van der Waals surface area contributed by atoms with Gasteiger partial charge in [-0.05, 0) is 131 Å². The van der Waals surface area contributed by atoms with E-state index in [1.807, 2.05) is 62.8 Å². The van der Waals surface area contributed by atoms with Gasteiger partial charge in [-0.25, -0.2) is 0 Å². The lowest BCUT2D eigenvalue weighted by atomic mass is 9.77. The number of aromatic nitrogens is 3. The molecule has 19 heteroatoms. The van der Waals surface area contributed by atoms with E-state index in [0.717, 1.165) is 24.1 Å². The molecule has 0 aliphatic carbocycles. The van der Waals surface area contributed by atoms with Gasteiger partial charge in [0.25, 0.3) is 0 Å². The number of hydrogen-bond acceptors (Lipinski definition) is 16. The van der Waals surface area contributed by atoms with Gasteiger partial charge in [0, 0.05) is 50.8 Å². The number of carbonyl (C=O) groups is 1. The van der Waals surface area contributed by atoms with Crippen LogP contribution in [0.1, 0.15) is 113 Å². The molecule has 5 rings (SSSR count). The Morgan fingerprint density at radius 3 is 2.30 bits per heavy atom. The van der Waals surface area contributed by atoms with E-state index in [-0.39, 0.29) is 37.3 Å². The van der Waals surface area contributed by atoms with Gasteiger partial charge in [-0.15, -0.1) is 5.10 Å². The number of aryl methyl sites for hydroxylation is 3. The molecular weight excluding hydrogens is 933 g/mol. The summed E-state index contributed by atoms with van der Waals surface area (Å²) in [6, 6.07) is 4.65. The second kappa shape index (κ2) is 24.3. The molecule has 17 nitrogen and oxygen atoms in total. The number of likely N-dealkylation sites (N-methyl/N-ethyl adjacent to an activating group) is 2. The molecule has 0 unspecified atom stereocenters. The van der Waals surface area contributed by atoms with Crippen LogP contribution in [0.5, 0.6) is 0 Å². The number of ether oxygens (including phenoxy) is 6. The first-order valence-electron chi connectivity index (χ1n) is 24.8. The summed E-state index contributed by atoms with van der Waals surface area (Å²) in [7, 11) is 5.31. The van der Waals surface area contributed by atoms with Gasteiger partial charge in [0.05, 0.1) is 57.3 Å². The fraction of sp³-hybridized carbons (Fsp3) is 0.820. The third kappa shape index (κ3) is 14.2. The number of halogens is 2. The van der Waals surface area contributed by atoms with Gasteiger partial charge in [0.15, 0.2) is 12.6 Å². The molecule has 5 N–H and O–H groups in total. The van der Waals surface area contributed by atoms with E-state index >= 15 is 0 Å². The highest BCUT2D eigenvalue weighted by Crippen LogP contribution is 2.40. The number of aliphatic hydroxyl groups excluding tert-OH is 3. The number of cyclic esters (lactones) is 1. The molecule has 1 aromatic heterocycles. The maximum atomic E-state index is 14.5. The van der Waals surface area contributed by atoms with Crippen molar-refractivity contribution in [3.63, 3.8) is 0 Å². The Hall–Kier alpha value is -2.07. The zero-order valence-electron chi connectivity index (χ0n) is 43.1.